The number of aliphatic hydroxyl groups excluding tert-OH is 1. The Morgan fingerprint density at radius 1 is 1.38 bits per heavy atom. The Balaban J connectivity index is 3.64. The molecule has 0 heterocycles. The number of rotatable bonds is 8. The van der Waals surface area contributed by atoms with Gasteiger partial charge in [-0.3, -0.25) is 4.79 Å². The summed E-state index contributed by atoms with van der Waals surface area (Å²) in [7, 11) is 1.55. The maximum atomic E-state index is 11.5. The Hall–Kier alpha value is -0.650. The lowest BCUT2D eigenvalue weighted by molar-refractivity contribution is -0.123. The predicted octanol–water partition coefficient (Wildman–Crippen LogP) is -0.113. The Morgan fingerprint density at radius 2 is 2.00 bits per heavy atom. The molecule has 2 unspecified atom stereocenters. The average molecular weight is 232 g/mol. The van der Waals surface area contributed by atoms with E-state index in [1.807, 2.05) is 13.8 Å². The van der Waals surface area contributed by atoms with Gasteiger partial charge in [0.15, 0.2) is 0 Å². The fourth-order valence-corrected chi connectivity index (χ4v) is 1.24. The van der Waals surface area contributed by atoms with Crippen LogP contribution in [0.3, 0.4) is 0 Å². The second-order valence-electron chi connectivity index (χ2n) is 4.24. The molecule has 0 radical (unpaired) electrons. The number of aliphatic hydroxyl groups is 1. The van der Waals surface area contributed by atoms with Gasteiger partial charge in [0.1, 0.15) is 0 Å². The number of hydrogen-bond donors (Lipinski definition) is 3. The summed E-state index contributed by atoms with van der Waals surface area (Å²) in [6, 6.07) is -0.0898. The zero-order valence-corrected chi connectivity index (χ0v) is 10.6. The maximum Gasteiger partial charge on any atom is 0.237 e. The van der Waals surface area contributed by atoms with Gasteiger partial charge in [-0.1, -0.05) is 0 Å². The summed E-state index contributed by atoms with van der Waals surface area (Å²) < 4.78 is 4.80. The second-order valence-corrected chi connectivity index (χ2v) is 4.24. The van der Waals surface area contributed by atoms with Crippen LogP contribution in [-0.4, -0.2) is 49.5 Å². The van der Waals surface area contributed by atoms with Crippen LogP contribution in [0.2, 0.25) is 0 Å². The van der Waals surface area contributed by atoms with E-state index in [9.17, 15) is 9.90 Å². The highest BCUT2D eigenvalue weighted by Crippen LogP contribution is 1.92. The van der Waals surface area contributed by atoms with E-state index in [0.717, 1.165) is 0 Å². The number of hydrogen-bond acceptors (Lipinski definition) is 4. The van der Waals surface area contributed by atoms with Gasteiger partial charge >= 0.3 is 0 Å². The predicted molar refractivity (Wildman–Crippen MR) is 63.2 cm³/mol. The van der Waals surface area contributed by atoms with Crippen LogP contribution in [-0.2, 0) is 9.53 Å². The van der Waals surface area contributed by atoms with Crippen molar-refractivity contribution in [1.82, 2.24) is 10.6 Å². The Labute approximate surface area is 97.6 Å². The van der Waals surface area contributed by atoms with Crippen molar-refractivity contribution in [3.8, 4) is 0 Å². The van der Waals surface area contributed by atoms with Crippen LogP contribution in [0.4, 0.5) is 0 Å². The third-order valence-electron chi connectivity index (χ3n) is 2.11. The number of carbonyl (C=O) groups is 1. The monoisotopic (exact) mass is 232 g/mol. The Kier molecular flexibility index (Phi) is 8.15. The lowest BCUT2D eigenvalue weighted by Gasteiger charge is -2.17. The molecule has 0 saturated carbocycles. The molecule has 0 aromatic rings. The second kappa shape index (κ2) is 8.50. The molecule has 0 aliphatic rings. The molecule has 0 spiro atoms. The van der Waals surface area contributed by atoms with Gasteiger partial charge in [0.2, 0.25) is 5.91 Å². The molecule has 1 amide bonds. The number of carbonyl (C=O) groups excluding carboxylic acids is 1. The van der Waals surface area contributed by atoms with Crippen LogP contribution in [0.1, 0.15) is 27.2 Å². The summed E-state index contributed by atoms with van der Waals surface area (Å²) in [5, 5.41) is 15.2. The van der Waals surface area contributed by atoms with E-state index in [4.69, 9.17) is 4.74 Å². The molecule has 0 saturated heterocycles. The molecule has 0 fully saturated rings. The summed E-state index contributed by atoms with van der Waals surface area (Å²) >= 11 is 0. The van der Waals surface area contributed by atoms with Gasteiger partial charge in [0.25, 0.3) is 0 Å². The van der Waals surface area contributed by atoms with Crippen molar-refractivity contribution in [3.05, 3.63) is 0 Å². The number of methoxy groups -OCH3 is 1. The molecule has 2 atom stereocenters. The standard InChI is InChI=1S/C11H24N2O3/c1-8(2)13-11(15)9(3)12-6-5-10(14)7-16-4/h8-10,12,14H,5-7H2,1-4H3,(H,13,15). The molecule has 5 nitrogen and oxygen atoms in total. The minimum Gasteiger partial charge on any atom is -0.391 e. The fourth-order valence-electron chi connectivity index (χ4n) is 1.24. The highest BCUT2D eigenvalue weighted by atomic mass is 16.5. The molecule has 5 heteroatoms. The third-order valence-corrected chi connectivity index (χ3v) is 2.11. The highest BCUT2D eigenvalue weighted by molar-refractivity contribution is 5.81. The van der Waals surface area contributed by atoms with E-state index in [1.165, 1.54) is 0 Å². The van der Waals surface area contributed by atoms with Crippen molar-refractivity contribution in [2.75, 3.05) is 20.3 Å². The van der Waals surface area contributed by atoms with Gasteiger partial charge in [-0.25, -0.2) is 0 Å². The average Bonchev–Trinajstić information content (AvgIpc) is 2.16. The quantitative estimate of drug-likeness (QED) is 0.546. The summed E-state index contributed by atoms with van der Waals surface area (Å²) in [6.07, 6.45) is 0.102. The molecule has 96 valence electrons. The van der Waals surface area contributed by atoms with Crippen LogP contribution >= 0.6 is 0 Å². The lowest BCUT2D eigenvalue weighted by Crippen LogP contribution is -2.45. The topological polar surface area (TPSA) is 70.6 Å². The molecular formula is C11H24N2O3. The number of amides is 1. The van der Waals surface area contributed by atoms with Gasteiger partial charge in [-0.05, 0) is 33.7 Å². The normalized spacial score (nSPS) is 14.9. The SMILES string of the molecule is COCC(O)CCNC(C)C(=O)NC(C)C. The first-order valence-corrected chi connectivity index (χ1v) is 5.68. The molecule has 3 N–H and O–H groups in total. The summed E-state index contributed by atoms with van der Waals surface area (Å²) in [6.45, 7) is 6.58. The minimum atomic E-state index is -0.474. The molecule has 16 heavy (non-hydrogen) atoms. The smallest absolute Gasteiger partial charge is 0.237 e. The van der Waals surface area contributed by atoms with Gasteiger partial charge in [0.05, 0.1) is 18.8 Å². The van der Waals surface area contributed by atoms with Gasteiger partial charge in [-0.15, -0.1) is 0 Å². The number of ether oxygens (including phenoxy) is 1. The van der Waals surface area contributed by atoms with Crippen LogP contribution in [0.5, 0.6) is 0 Å². The Morgan fingerprint density at radius 3 is 2.50 bits per heavy atom. The van der Waals surface area contributed by atoms with Crippen molar-refractivity contribution < 1.29 is 14.6 Å². The summed E-state index contributed by atoms with van der Waals surface area (Å²) in [5.41, 5.74) is 0. The summed E-state index contributed by atoms with van der Waals surface area (Å²) in [4.78, 5) is 11.5. The van der Waals surface area contributed by atoms with E-state index in [2.05, 4.69) is 10.6 Å². The fraction of sp³-hybridized carbons (Fsp3) is 0.909. The van der Waals surface area contributed by atoms with Gasteiger partial charge in [0, 0.05) is 13.2 Å². The maximum absolute atomic E-state index is 11.5. The van der Waals surface area contributed by atoms with Crippen molar-refractivity contribution in [2.45, 2.75) is 45.4 Å². The molecule has 0 aromatic carbocycles. The summed E-state index contributed by atoms with van der Waals surface area (Å²) in [5.74, 6) is -0.0174. The van der Waals surface area contributed by atoms with Crippen LogP contribution in [0, 0.1) is 0 Å². The Bertz CT molecular complexity index is 198. The zero-order valence-electron chi connectivity index (χ0n) is 10.6. The van der Waals surface area contributed by atoms with Crippen molar-refractivity contribution in [2.24, 2.45) is 0 Å². The van der Waals surface area contributed by atoms with E-state index >= 15 is 0 Å². The largest absolute Gasteiger partial charge is 0.391 e. The van der Waals surface area contributed by atoms with Crippen LogP contribution in [0.25, 0.3) is 0 Å². The zero-order chi connectivity index (χ0) is 12.6. The molecule has 0 rings (SSSR count). The third kappa shape index (κ3) is 7.62. The van der Waals surface area contributed by atoms with Crippen molar-refractivity contribution >= 4 is 5.91 Å². The molecule has 0 aromatic heterocycles. The number of nitrogens with one attached hydrogen (secondary N) is 2. The van der Waals surface area contributed by atoms with Crippen molar-refractivity contribution in [1.29, 1.82) is 0 Å². The van der Waals surface area contributed by atoms with E-state index < -0.39 is 6.10 Å². The molecule has 0 bridgehead atoms. The highest BCUT2D eigenvalue weighted by Gasteiger charge is 2.13. The minimum absolute atomic E-state index is 0.0174. The van der Waals surface area contributed by atoms with E-state index in [-0.39, 0.29) is 18.0 Å². The molecule has 0 aliphatic carbocycles. The first-order chi connectivity index (χ1) is 7.47. The van der Waals surface area contributed by atoms with Gasteiger partial charge < -0.3 is 20.5 Å². The first-order valence-electron chi connectivity index (χ1n) is 5.68. The lowest BCUT2D eigenvalue weighted by atomic mass is 10.2. The molecule has 0 aliphatic heterocycles. The van der Waals surface area contributed by atoms with Crippen LogP contribution in [0.15, 0.2) is 0 Å². The molecular weight excluding hydrogens is 208 g/mol. The van der Waals surface area contributed by atoms with Gasteiger partial charge in [-0.2, -0.15) is 0 Å². The van der Waals surface area contributed by atoms with E-state index in [0.29, 0.717) is 19.6 Å². The van der Waals surface area contributed by atoms with Crippen molar-refractivity contribution in [3.63, 3.8) is 0 Å². The van der Waals surface area contributed by atoms with Crippen LogP contribution < -0.4 is 10.6 Å². The van der Waals surface area contributed by atoms with E-state index in [1.54, 1.807) is 14.0 Å². The first kappa shape index (κ1) is 15.3.